The number of morpholine rings is 1. The van der Waals surface area contributed by atoms with Gasteiger partial charge in [0.25, 0.3) is 0 Å². The minimum Gasteiger partial charge on any atom is -0.370 e. The molecule has 0 aliphatic carbocycles. The highest BCUT2D eigenvalue weighted by Crippen LogP contribution is 2.30. The monoisotopic (exact) mass is 278 g/mol. The van der Waals surface area contributed by atoms with Crippen LogP contribution in [0.25, 0.3) is 0 Å². The molecule has 3 nitrogen and oxygen atoms in total. The first-order valence-corrected chi connectivity index (χ1v) is 7.13. The quantitative estimate of drug-likeness (QED) is 0.918. The molecule has 0 amide bonds. The second kappa shape index (κ2) is 5.69. The van der Waals surface area contributed by atoms with Crippen LogP contribution in [0, 0.1) is 11.3 Å². The predicted octanol–water partition coefficient (Wildman–Crippen LogP) is 3.13. The van der Waals surface area contributed by atoms with Crippen molar-refractivity contribution in [1.29, 1.82) is 5.26 Å². The minimum atomic E-state index is -0.162. The van der Waals surface area contributed by atoms with E-state index in [1.807, 2.05) is 42.5 Å². The average molecular weight is 278 g/mol. The fourth-order valence-corrected chi connectivity index (χ4v) is 2.71. The Morgan fingerprint density at radius 1 is 1.19 bits per heavy atom. The molecule has 1 saturated heterocycles. The van der Waals surface area contributed by atoms with Crippen molar-refractivity contribution in [3.63, 3.8) is 0 Å². The van der Waals surface area contributed by atoms with Crippen molar-refractivity contribution in [2.45, 2.75) is 18.6 Å². The number of nitrogens with one attached hydrogen (secondary N) is 1. The molecular weight excluding hydrogens is 260 g/mol. The maximum Gasteiger partial charge on any atom is 0.0991 e. The van der Waals surface area contributed by atoms with Gasteiger partial charge in [0.1, 0.15) is 0 Å². The molecule has 0 aromatic heterocycles. The Balaban J connectivity index is 1.74. The Kier molecular flexibility index (Phi) is 3.74. The van der Waals surface area contributed by atoms with Crippen LogP contribution in [-0.2, 0) is 10.3 Å². The minimum absolute atomic E-state index is 0.00455. The highest BCUT2D eigenvalue weighted by atomic mass is 16.5. The molecule has 2 aromatic rings. The molecular formula is C18H18N2O. The molecule has 0 radical (unpaired) electrons. The van der Waals surface area contributed by atoms with Crippen molar-refractivity contribution in [3.8, 4) is 6.07 Å². The van der Waals surface area contributed by atoms with E-state index in [-0.39, 0.29) is 11.6 Å². The van der Waals surface area contributed by atoms with Crippen LogP contribution in [-0.4, -0.2) is 13.2 Å². The fourth-order valence-electron chi connectivity index (χ4n) is 2.71. The predicted molar refractivity (Wildman–Crippen MR) is 81.6 cm³/mol. The largest absolute Gasteiger partial charge is 0.370 e. The maximum absolute atomic E-state index is 8.99. The van der Waals surface area contributed by atoms with Gasteiger partial charge in [-0.1, -0.05) is 42.5 Å². The molecule has 21 heavy (non-hydrogen) atoms. The Hall–Kier alpha value is -2.15. The lowest BCUT2D eigenvalue weighted by Gasteiger charge is -2.39. The molecule has 1 N–H and O–H groups in total. The van der Waals surface area contributed by atoms with E-state index in [0.29, 0.717) is 12.2 Å². The SMILES string of the molecule is CC1(c2ccccc2)COC(c2cccc(C#N)c2)CN1. The van der Waals surface area contributed by atoms with Crippen LogP contribution < -0.4 is 5.32 Å². The fraction of sp³-hybridized carbons (Fsp3) is 0.278. The smallest absolute Gasteiger partial charge is 0.0991 e. The van der Waals surface area contributed by atoms with Gasteiger partial charge in [-0.15, -0.1) is 0 Å². The molecule has 0 spiro atoms. The van der Waals surface area contributed by atoms with E-state index in [4.69, 9.17) is 10.00 Å². The van der Waals surface area contributed by atoms with Gasteiger partial charge in [0, 0.05) is 6.54 Å². The number of nitrogens with zero attached hydrogens (tertiary/aromatic N) is 1. The van der Waals surface area contributed by atoms with Gasteiger partial charge < -0.3 is 10.1 Å². The van der Waals surface area contributed by atoms with Gasteiger partial charge in [0.05, 0.1) is 29.9 Å². The van der Waals surface area contributed by atoms with E-state index in [0.717, 1.165) is 12.1 Å². The molecule has 0 bridgehead atoms. The molecule has 1 aliphatic rings. The lowest BCUT2D eigenvalue weighted by molar-refractivity contribution is -0.0307. The normalized spacial score (nSPS) is 25.2. The van der Waals surface area contributed by atoms with E-state index in [1.165, 1.54) is 5.56 Å². The number of hydrogen-bond acceptors (Lipinski definition) is 3. The Morgan fingerprint density at radius 2 is 2.00 bits per heavy atom. The van der Waals surface area contributed by atoms with Crippen molar-refractivity contribution in [1.82, 2.24) is 5.32 Å². The Labute approximate surface area is 125 Å². The van der Waals surface area contributed by atoms with Crippen LogP contribution in [0.3, 0.4) is 0 Å². The standard InChI is InChI=1S/C18H18N2O/c1-18(16-8-3-2-4-9-16)13-21-17(12-20-18)15-7-5-6-14(10-15)11-19/h2-10,17,20H,12-13H2,1H3. The molecule has 2 unspecified atom stereocenters. The summed E-state index contributed by atoms with van der Waals surface area (Å²) in [5, 5.41) is 12.6. The van der Waals surface area contributed by atoms with Crippen LogP contribution in [0.15, 0.2) is 54.6 Å². The average Bonchev–Trinajstić information content (AvgIpc) is 2.56. The lowest BCUT2D eigenvalue weighted by atomic mass is 9.90. The number of benzene rings is 2. The molecule has 1 aliphatic heterocycles. The van der Waals surface area contributed by atoms with Gasteiger partial charge in [-0.05, 0) is 30.2 Å². The third kappa shape index (κ3) is 2.82. The number of ether oxygens (including phenoxy) is 1. The Bertz CT molecular complexity index is 652. The summed E-state index contributed by atoms with van der Waals surface area (Å²) in [5.41, 5.74) is 2.79. The molecule has 106 valence electrons. The summed E-state index contributed by atoms with van der Waals surface area (Å²) < 4.78 is 6.06. The van der Waals surface area contributed by atoms with Crippen molar-refractivity contribution in [3.05, 3.63) is 71.3 Å². The van der Waals surface area contributed by atoms with E-state index in [9.17, 15) is 0 Å². The third-order valence-electron chi connectivity index (χ3n) is 4.05. The zero-order chi connectivity index (χ0) is 14.7. The summed E-state index contributed by atoms with van der Waals surface area (Å²) in [6.07, 6.45) is -0.00455. The molecule has 1 fully saturated rings. The van der Waals surface area contributed by atoms with Crippen LogP contribution in [0.4, 0.5) is 0 Å². The zero-order valence-corrected chi connectivity index (χ0v) is 12.0. The van der Waals surface area contributed by atoms with Gasteiger partial charge in [-0.25, -0.2) is 0 Å². The van der Waals surface area contributed by atoms with Crippen molar-refractivity contribution in [2.75, 3.05) is 13.2 Å². The number of nitriles is 1. The first kappa shape index (κ1) is 13.8. The zero-order valence-electron chi connectivity index (χ0n) is 12.0. The number of hydrogen-bond donors (Lipinski definition) is 1. The van der Waals surface area contributed by atoms with Gasteiger partial charge in [-0.3, -0.25) is 0 Å². The van der Waals surface area contributed by atoms with Gasteiger partial charge >= 0.3 is 0 Å². The second-order valence-electron chi connectivity index (χ2n) is 5.62. The van der Waals surface area contributed by atoms with Gasteiger partial charge in [-0.2, -0.15) is 5.26 Å². The molecule has 2 aromatic carbocycles. The van der Waals surface area contributed by atoms with Gasteiger partial charge in [0.2, 0.25) is 0 Å². The summed E-state index contributed by atoms with van der Waals surface area (Å²) in [5.74, 6) is 0. The first-order chi connectivity index (χ1) is 10.2. The van der Waals surface area contributed by atoms with Crippen molar-refractivity contribution in [2.24, 2.45) is 0 Å². The van der Waals surface area contributed by atoms with Crippen molar-refractivity contribution >= 4 is 0 Å². The number of rotatable bonds is 2. The van der Waals surface area contributed by atoms with E-state index >= 15 is 0 Å². The summed E-state index contributed by atoms with van der Waals surface area (Å²) >= 11 is 0. The second-order valence-corrected chi connectivity index (χ2v) is 5.62. The van der Waals surface area contributed by atoms with Gasteiger partial charge in [0.15, 0.2) is 0 Å². The van der Waals surface area contributed by atoms with Crippen LogP contribution >= 0.6 is 0 Å². The molecule has 3 heteroatoms. The molecule has 1 heterocycles. The molecule has 2 atom stereocenters. The molecule has 3 rings (SSSR count). The van der Waals surface area contributed by atoms with Crippen molar-refractivity contribution < 1.29 is 4.74 Å². The summed E-state index contributed by atoms with van der Waals surface area (Å²) in [4.78, 5) is 0. The van der Waals surface area contributed by atoms with E-state index in [1.54, 1.807) is 0 Å². The molecule has 0 saturated carbocycles. The maximum atomic E-state index is 8.99. The third-order valence-corrected chi connectivity index (χ3v) is 4.05. The summed E-state index contributed by atoms with van der Waals surface area (Å²) in [6.45, 7) is 3.50. The first-order valence-electron chi connectivity index (χ1n) is 7.13. The topological polar surface area (TPSA) is 45.0 Å². The Morgan fingerprint density at radius 3 is 2.67 bits per heavy atom. The van der Waals surface area contributed by atoms with Crippen LogP contribution in [0.2, 0.25) is 0 Å². The van der Waals surface area contributed by atoms with E-state index in [2.05, 4.69) is 30.4 Å². The highest BCUT2D eigenvalue weighted by molar-refractivity contribution is 5.34. The van der Waals surface area contributed by atoms with Crippen LogP contribution in [0.1, 0.15) is 29.7 Å². The van der Waals surface area contributed by atoms with E-state index < -0.39 is 0 Å². The highest BCUT2D eigenvalue weighted by Gasteiger charge is 2.33. The lowest BCUT2D eigenvalue weighted by Crippen LogP contribution is -2.50. The van der Waals surface area contributed by atoms with Crippen LogP contribution in [0.5, 0.6) is 0 Å². The summed E-state index contributed by atoms with van der Waals surface area (Å²) in [7, 11) is 0. The summed E-state index contributed by atoms with van der Waals surface area (Å²) in [6, 6.07) is 20.2.